The van der Waals surface area contributed by atoms with Gasteiger partial charge in [0.2, 0.25) is 0 Å². The zero-order chi connectivity index (χ0) is 8.43. The molecule has 0 aliphatic carbocycles. The number of aromatic nitrogens is 2. The van der Waals surface area contributed by atoms with Crippen LogP contribution in [0.4, 0.5) is 0 Å². The van der Waals surface area contributed by atoms with Crippen LogP contribution in [0.25, 0.3) is 0 Å². The molecule has 6 heteroatoms. The molecule has 0 saturated heterocycles. The third-order valence-corrected chi connectivity index (χ3v) is 3.23. The molecule has 0 N–H and O–H groups in total. The van der Waals surface area contributed by atoms with Crippen LogP contribution in [0.2, 0.25) is 10.3 Å². The summed E-state index contributed by atoms with van der Waals surface area (Å²) >= 11 is 15.9. The lowest BCUT2D eigenvalue weighted by Gasteiger charge is -1.99. The molecule has 1 rings (SSSR count). The zero-order valence-corrected chi connectivity index (χ0v) is 9.35. The predicted octanol–water partition coefficient (Wildman–Crippen LogP) is 3.27. The topological polar surface area (TPSA) is 25.8 Å². The van der Waals surface area contributed by atoms with E-state index < -0.39 is 0 Å². The van der Waals surface area contributed by atoms with E-state index in [2.05, 4.69) is 25.9 Å². The molecule has 0 aliphatic heterocycles. The average Bonchev–Trinajstić information content (AvgIpc) is 1.99. The summed E-state index contributed by atoms with van der Waals surface area (Å²) in [6.07, 6.45) is 1.86. The van der Waals surface area contributed by atoms with Gasteiger partial charge in [-0.15, -0.1) is 0 Å². The lowest BCUT2D eigenvalue weighted by atomic mass is 10.7. The van der Waals surface area contributed by atoms with Crippen molar-refractivity contribution in [3.05, 3.63) is 14.8 Å². The van der Waals surface area contributed by atoms with E-state index in [9.17, 15) is 0 Å². The maximum atomic E-state index is 5.70. The smallest absolute Gasteiger partial charge is 0.190 e. The number of hydrogen-bond acceptors (Lipinski definition) is 3. The SMILES string of the molecule is CSc1nc(Cl)c(Br)c(Cl)n1. The first-order chi connectivity index (χ1) is 5.15. The van der Waals surface area contributed by atoms with E-state index in [0.29, 0.717) is 19.9 Å². The van der Waals surface area contributed by atoms with Crippen LogP contribution < -0.4 is 0 Å². The standard InChI is InChI=1S/C5H3BrCl2N2S/c1-11-5-9-3(7)2(6)4(8)10-5/h1H3. The van der Waals surface area contributed by atoms with E-state index in [0.717, 1.165) is 0 Å². The third-order valence-electron chi connectivity index (χ3n) is 0.932. The number of nitrogens with zero attached hydrogens (tertiary/aromatic N) is 2. The van der Waals surface area contributed by atoms with Gasteiger partial charge in [0.05, 0.1) is 4.47 Å². The molecular formula is C5H3BrCl2N2S. The van der Waals surface area contributed by atoms with Crippen molar-refractivity contribution >= 4 is 50.9 Å². The van der Waals surface area contributed by atoms with Gasteiger partial charge in [-0.1, -0.05) is 35.0 Å². The third kappa shape index (κ3) is 2.21. The normalized spacial score (nSPS) is 10.2. The molecule has 60 valence electrons. The first-order valence-corrected chi connectivity index (χ1v) is 5.35. The van der Waals surface area contributed by atoms with E-state index >= 15 is 0 Å². The molecule has 11 heavy (non-hydrogen) atoms. The quantitative estimate of drug-likeness (QED) is 0.446. The number of hydrogen-bond donors (Lipinski definition) is 0. The first-order valence-electron chi connectivity index (χ1n) is 2.57. The highest BCUT2D eigenvalue weighted by atomic mass is 79.9. The number of rotatable bonds is 1. The summed E-state index contributed by atoms with van der Waals surface area (Å²) in [5.74, 6) is 0. The number of halogens is 3. The van der Waals surface area contributed by atoms with E-state index in [-0.39, 0.29) is 0 Å². The molecular weight excluding hydrogens is 271 g/mol. The van der Waals surface area contributed by atoms with E-state index in [1.165, 1.54) is 11.8 Å². The van der Waals surface area contributed by atoms with Crippen LogP contribution in [0.3, 0.4) is 0 Å². The highest BCUT2D eigenvalue weighted by Gasteiger charge is 2.07. The molecule has 2 nitrogen and oxygen atoms in total. The molecule has 0 unspecified atom stereocenters. The zero-order valence-electron chi connectivity index (χ0n) is 5.44. The molecule has 0 aliphatic rings. The van der Waals surface area contributed by atoms with Crippen molar-refractivity contribution in [1.82, 2.24) is 9.97 Å². The second-order valence-corrected chi connectivity index (χ2v) is 3.89. The van der Waals surface area contributed by atoms with Crippen molar-refractivity contribution in [1.29, 1.82) is 0 Å². The molecule has 0 amide bonds. The van der Waals surface area contributed by atoms with Crippen molar-refractivity contribution in [2.45, 2.75) is 5.16 Å². The van der Waals surface area contributed by atoms with Crippen molar-refractivity contribution in [2.75, 3.05) is 6.26 Å². The minimum Gasteiger partial charge on any atom is -0.209 e. The Morgan fingerprint density at radius 1 is 1.27 bits per heavy atom. The lowest BCUT2D eigenvalue weighted by molar-refractivity contribution is 0.963. The van der Waals surface area contributed by atoms with Gasteiger partial charge in [-0.25, -0.2) is 9.97 Å². The molecule has 0 fully saturated rings. The van der Waals surface area contributed by atoms with Crippen LogP contribution in [-0.4, -0.2) is 16.2 Å². The Balaban J connectivity index is 3.21. The molecule has 0 radical (unpaired) electrons. The van der Waals surface area contributed by atoms with Gasteiger partial charge >= 0.3 is 0 Å². The second kappa shape index (κ2) is 3.94. The van der Waals surface area contributed by atoms with Crippen LogP contribution in [0.15, 0.2) is 9.63 Å². The Hall–Kier alpha value is 0.490. The van der Waals surface area contributed by atoms with Gasteiger partial charge in [-0.2, -0.15) is 0 Å². The fraction of sp³-hybridized carbons (Fsp3) is 0.200. The largest absolute Gasteiger partial charge is 0.209 e. The van der Waals surface area contributed by atoms with Gasteiger partial charge in [-0.05, 0) is 22.2 Å². The summed E-state index contributed by atoms with van der Waals surface area (Å²) in [4.78, 5) is 7.88. The Morgan fingerprint density at radius 3 is 2.09 bits per heavy atom. The van der Waals surface area contributed by atoms with Crippen LogP contribution >= 0.6 is 50.9 Å². The molecule has 0 atom stereocenters. The van der Waals surface area contributed by atoms with Crippen molar-refractivity contribution in [3.63, 3.8) is 0 Å². The summed E-state index contributed by atoms with van der Waals surface area (Å²) in [5.41, 5.74) is 0. The van der Waals surface area contributed by atoms with Crippen LogP contribution in [0.1, 0.15) is 0 Å². The van der Waals surface area contributed by atoms with Crippen molar-refractivity contribution in [2.24, 2.45) is 0 Å². The van der Waals surface area contributed by atoms with Gasteiger partial charge in [0.1, 0.15) is 10.3 Å². The molecule has 0 aromatic carbocycles. The fourth-order valence-corrected chi connectivity index (χ4v) is 1.50. The summed E-state index contributed by atoms with van der Waals surface area (Å²) in [6.45, 7) is 0. The second-order valence-electron chi connectivity index (χ2n) is 1.61. The summed E-state index contributed by atoms with van der Waals surface area (Å²) < 4.78 is 0.540. The first kappa shape index (κ1) is 9.58. The van der Waals surface area contributed by atoms with E-state index in [1.807, 2.05) is 6.26 Å². The van der Waals surface area contributed by atoms with Gasteiger partial charge in [-0.3, -0.25) is 0 Å². The minimum absolute atomic E-state index is 0.342. The molecule has 1 heterocycles. The Bertz CT molecular complexity index is 258. The molecule has 0 saturated carbocycles. The fourth-order valence-electron chi connectivity index (χ4n) is 0.468. The van der Waals surface area contributed by atoms with Gasteiger partial charge in [0.15, 0.2) is 5.16 Å². The minimum atomic E-state index is 0.342. The molecule has 0 bridgehead atoms. The summed E-state index contributed by atoms with van der Waals surface area (Å²) in [6, 6.07) is 0. The van der Waals surface area contributed by atoms with E-state index in [4.69, 9.17) is 23.2 Å². The highest BCUT2D eigenvalue weighted by molar-refractivity contribution is 9.10. The maximum Gasteiger partial charge on any atom is 0.190 e. The Labute approximate surface area is 86.8 Å². The molecule has 1 aromatic rings. The van der Waals surface area contributed by atoms with Crippen LogP contribution in [-0.2, 0) is 0 Å². The Kier molecular flexibility index (Phi) is 3.43. The highest BCUT2D eigenvalue weighted by Crippen LogP contribution is 2.28. The average molecular weight is 274 g/mol. The van der Waals surface area contributed by atoms with Crippen molar-refractivity contribution in [3.8, 4) is 0 Å². The lowest BCUT2D eigenvalue weighted by Crippen LogP contribution is -1.88. The summed E-state index contributed by atoms with van der Waals surface area (Å²) in [5, 5.41) is 1.26. The maximum absolute atomic E-state index is 5.70. The van der Waals surface area contributed by atoms with Crippen LogP contribution in [0.5, 0.6) is 0 Å². The molecule has 0 spiro atoms. The van der Waals surface area contributed by atoms with Crippen LogP contribution in [0, 0.1) is 0 Å². The molecule has 1 aromatic heterocycles. The van der Waals surface area contributed by atoms with Gasteiger partial charge < -0.3 is 0 Å². The van der Waals surface area contributed by atoms with Gasteiger partial charge in [0, 0.05) is 0 Å². The van der Waals surface area contributed by atoms with Gasteiger partial charge in [0.25, 0.3) is 0 Å². The number of thioether (sulfide) groups is 1. The monoisotopic (exact) mass is 272 g/mol. The van der Waals surface area contributed by atoms with Crippen molar-refractivity contribution < 1.29 is 0 Å². The Morgan fingerprint density at radius 2 is 1.73 bits per heavy atom. The van der Waals surface area contributed by atoms with E-state index in [1.54, 1.807) is 0 Å². The summed E-state index contributed by atoms with van der Waals surface area (Å²) in [7, 11) is 0. The predicted molar refractivity (Wildman–Crippen MR) is 51.5 cm³/mol.